The van der Waals surface area contributed by atoms with Crippen LogP contribution in [0.5, 0.6) is 5.75 Å². The number of amides is 1. The second kappa shape index (κ2) is 12.8. The molecule has 0 atom stereocenters. The summed E-state index contributed by atoms with van der Waals surface area (Å²) < 4.78 is 36.1. The smallest absolute Gasteiger partial charge is 0.281 e. The largest absolute Gasteiger partial charge is 0.484 e. The topological polar surface area (TPSA) is 67.8 Å². The zero-order chi connectivity index (χ0) is 20.9. The van der Waals surface area contributed by atoms with E-state index in [1.54, 1.807) is 19.9 Å². The van der Waals surface area contributed by atoms with E-state index in [0.717, 1.165) is 25.0 Å². The molecule has 154 valence electrons. The number of nitrogens with one attached hydrogen (secondary N) is 1. The van der Waals surface area contributed by atoms with Crippen LogP contribution in [0.3, 0.4) is 0 Å². The summed E-state index contributed by atoms with van der Waals surface area (Å²) in [4.78, 5) is 10.6. The van der Waals surface area contributed by atoms with Gasteiger partial charge in [0, 0.05) is 6.61 Å². The SMILES string of the molecule is CCCCOCc1ccc(F)c(C)c1.Cc1cc(OCC(=O)NO)ccc1F. The maximum atomic E-state index is 12.9. The Labute approximate surface area is 164 Å². The van der Waals surface area contributed by atoms with E-state index >= 15 is 0 Å². The van der Waals surface area contributed by atoms with Crippen LogP contribution in [0.2, 0.25) is 0 Å². The van der Waals surface area contributed by atoms with E-state index in [-0.39, 0.29) is 18.2 Å². The third kappa shape index (κ3) is 8.92. The van der Waals surface area contributed by atoms with Crippen LogP contribution in [0.25, 0.3) is 0 Å². The summed E-state index contributed by atoms with van der Waals surface area (Å²) in [5.74, 6) is -0.759. The van der Waals surface area contributed by atoms with Crippen molar-refractivity contribution in [2.75, 3.05) is 13.2 Å². The molecule has 5 nitrogen and oxygen atoms in total. The molecule has 2 N–H and O–H groups in total. The van der Waals surface area contributed by atoms with Crippen LogP contribution in [-0.4, -0.2) is 24.3 Å². The first-order valence-corrected chi connectivity index (χ1v) is 9.02. The zero-order valence-electron chi connectivity index (χ0n) is 16.4. The van der Waals surface area contributed by atoms with E-state index < -0.39 is 5.91 Å². The molecule has 0 fully saturated rings. The molecular formula is C21H27F2NO4. The predicted octanol–water partition coefficient (Wildman–Crippen LogP) is 4.47. The number of hydrogen-bond donors (Lipinski definition) is 2. The molecule has 2 aromatic rings. The first kappa shape index (κ1) is 23.5. The second-order valence-corrected chi connectivity index (χ2v) is 6.22. The summed E-state index contributed by atoms with van der Waals surface area (Å²) in [5.41, 5.74) is 3.58. The molecule has 0 spiro atoms. The average molecular weight is 395 g/mol. The number of unbranched alkanes of at least 4 members (excludes halogenated alkanes) is 1. The van der Waals surface area contributed by atoms with Gasteiger partial charge in [0.05, 0.1) is 6.61 Å². The normalized spacial score (nSPS) is 10.1. The maximum absolute atomic E-state index is 12.9. The van der Waals surface area contributed by atoms with Crippen molar-refractivity contribution in [3.63, 3.8) is 0 Å². The Hall–Kier alpha value is -2.51. The molecule has 2 rings (SSSR count). The Bertz CT molecular complexity index is 753. The van der Waals surface area contributed by atoms with E-state index in [0.29, 0.717) is 23.5 Å². The zero-order valence-corrected chi connectivity index (χ0v) is 16.4. The molecular weight excluding hydrogens is 368 g/mol. The quantitative estimate of drug-likeness (QED) is 0.393. The maximum Gasteiger partial charge on any atom is 0.281 e. The van der Waals surface area contributed by atoms with E-state index in [1.807, 2.05) is 6.07 Å². The van der Waals surface area contributed by atoms with Gasteiger partial charge < -0.3 is 9.47 Å². The van der Waals surface area contributed by atoms with Crippen molar-refractivity contribution in [3.8, 4) is 5.75 Å². The lowest BCUT2D eigenvalue weighted by Crippen LogP contribution is -2.25. The molecule has 0 heterocycles. The molecule has 2 aromatic carbocycles. The van der Waals surface area contributed by atoms with E-state index in [9.17, 15) is 13.6 Å². The van der Waals surface area contributed by atoms with Crippen LogP contribution < -0.4 is 10.2 Å². The number of carbonyl (C=O) groups excluding carboxylic acids is 1. The molecule has 7 heteroatoms. The van der Waals surface area contributed by atoms with Crippen LogP contribution in [0.1, 0.15) is 36.5 Å². The number of aryl methyl sites for hydroxylation is 2. The molecule has 1 amide bonds. The molecule has 28 heavy (non-hydrogen) atoms. The third-order valence-corrected chi connectivity index (χ3v) is 3.76. The summed E-state index contributed by atoms with van der Waals surface area (Å²) in [7, 11) is 0. The monoisotopic (exact) mass is 395 g/mol. The van der Waals surface area contributed by atoms with Crippen molar-refractivity contribution in [3.05, 3.63) is 64.7 Å². The minimum absolute atomic E-state index is 0.151. The summed E-state index contributed by atoms with van der Waals surface area (Å²) in [6.07, 6.45) is 2.22. The number of carbonyl (C=O) groups is 1. The number of hydrogen-bond acceptors (Lipinski definition) is 4. The third-order valence-electron chi connectivity index (χ3n) is 3.76. The van der Waals surface area contributed by atoms with Gasteiger partial charge in [0.1, 0.15) is 17.4 Å². The Morgan fingerprint density at radius 3 is 2.29 bits per heavy atom. The highest BCUT2D eigenvalue weighted by atomic mass is 19.1. The number of ether oxygens (including phenoxy) is 2. The van der Waals surface area contributed by atoms with Crippen LogP contribution in [0.4, 0.5) is 8.78 Å². The molecule has 0 aliphatic rings. The fourth-order valence-corrected chi connectivity index (χ4v) is 2.12. The van der Waals surface area contributed by atoms with Gasteiger partial charge in [0.2, 0.25) is 0 Å². The Morgan fingerprint density at radius 2 is 1.71 bits per heavy atom. The lowest BCUT2D eigenvalue weighted by Gasteiger charge is -2.05. The minimum atomic E-state index is -0.660. The van der Waals surface area contributed by atoms with Crippen molar-refractivity contribution in [1.82, 2.24) is 5.48 Å². The molecule has 0 saturated carbocycles. The van der Waals surface area contributed by atoms with E-state index in [1.165, 1.54) is 29.7 Å². The van der Waals surface area contributed by atoms with Gasteiger partial charge in [-0.1, -0.05) is 25.5 Å². The molecule has 0 bridgehead atoms. The average Bonchev–Trinajstić information content (AvgIpc) is 2.69. The van der Waals surface area contributed by atoms with Gasteiger partial charge in [-0.15, -0.1) is 0 Å². The highest BCUT2D eigenvalue weighted by molar-refractivity contribution is 5.76. The molecule has 0 aromatic heterocycles. The van der Waals surface area contributed by atoms with Gasteiger partial charge in [0.15, 0.2) is 6.61 Å². The molecule has 0 aliphatic carbocycles. The second-order valence-electron chi connectivity index (χ2n) is 6.22. The van der Waals surface area contributed by atoms with Crippen LogP contribution >= 0.6 is 0 Å². The van der Waals surface area contributed by atoms with Crippen LogP contribution in [0, 0.1) is 25.5 Å². The van der Waals surface area contributed by atoms with Gasteiger partial charge in [-0.05, 0) is 61.2 Å². The van der Waals surface area contributed by atoms with Crippen molar-refractivity contribution >= 4 is 5.91 Å². The highest BCUT2D eigenvalue weighted by Gasteiger charge is 2.03. The summed E-state index contributed by atoms with van der Waals surface area (Å²) in [5, 5.41) is 8.17. The standard InChI is InChI=1S/C12H17FO.C9H10FNO3/c1-3-4-7-14-9-11-5-6-12(13)10(2)8-11;1-6-4-7(2-3-8(6)10)14-5-9(12)11-13/h5-6,8H,3-4,7,9H2,1-2H3;2-4,13H,5H2,1H3,(H,11,12). The van der Waals surface area contributed by atoms with Crippen molar-refractivity contribution in [1.29, 1.82) is 0 Å². The predicted molar refractivity (Wildman–Crippen MR) is 102 cm³/mol. The number of halogens is 2. The van der Waals surface area contributed by atoms with Gasteiger partial charge in [-0.2, -0.15) is 0 Å². The fraction of sp³-hybridized carbons (Fsp3) is 0.381. The first-order valence-electron chi connectivity index (χ1n) is 9.02. The van der Waals surface area contributed by atoms with Crippen molar-refractivity contribution < 1.29 is 28.3 Å². The number of rotatable bonds is 8. The first-order chi connectivity index (χ1) is 13.4. The number of benzene rings is 2. The summed E-state index contributed by atoms with van der Waals surface area (Å²) in [6.45, 7) is 6.56. The highest BCUT2D eigenvalue weighted by Crippen LogP contribution is 2.15. The molecule has 0 radical (unpaired) electrons. The Morgan fingerprint density at radius 1 is 1.07 bits per heavy atom. The van der Waals surface area contributed by atoms with Crippen molar-refractivity contribution in [2.45, 2.75) is 40.2 Å². The minimum Gasteiger partial charge on any atom is -0.484 e. The fourth-order valence-electron chi connectivity index (χ4n) is 2.12. The van der Waals surface area contributed by atoms with E-state index in [4.69, 9.17) is 14.7 Å². The number of hydroxylamine groups is 1. The van der Waals surface area contributed by atoms with Crippen molar-refractivity contribution in [2.24, 2.45) is 0 Å². The van der Waals surface area contributed by atoms with E-state index in [2.05, 4.69) is 6.92 Å². The lowest BCUT2D eigenvalue weighted by molar-refractivity contribution is -0.131. The molecule has 0 saturated heterocycles. The van der Waals surface area contributed by atoms with Crippen LogP contribution in [0.15, 0.2) is 36.4 Å². The van der Waals surface area contributed by atoms with Gasteiger partial charge >= 0.3 is 0 Å². The van der Waals surface area contributed by atoms with Gasteiger partial charge in [-0.25, -0.2) is 14.3 Å². The lowest BCUT2D eigenvalue weighted by atomic mass is 10.1. The summed E-state index contributed by atoms with van der Waals surface area (Å²) in [6, 6.07) is 9.23. The summed E-state index contributed by atoms with van der Waals surface area (Å²) >= 11 is 0. The molecule has 0 unspecified atom stereocenters. The van der Waals surface area contributed by atoms with Crippen LogP contribution in [-0.2, 0) is 16.1 Å². The van der Waals surface area contributed by atoms with Gasteiger partial charge in [0.25, 0.3) is 5.91 Å². The Kier molecular flexibility index (Phi) is 10.8. The van der Waals surface area contributed by atoms with Gasteiger partial charge in [-0.3, -0.25) is 10.0 Å². The molecule has 0 aliphatic heterocycles. The Balaban J connectivity index is 0.000000280.